The van der Waals surface area contributed by atoms with Gasteiger partial charge in [-0.1, -0.05) is 23.6 Å². The zero-order chi connectivity index (χ0) is 17.7. The summed E-state index contributed by atoms with van der Waals surface area (Å²) in [6.07, 6.45) is 5.05. The normalized spacial score (nSPS) is 10.9. The van der Waals surface area contributed by atoms with Gasteiger partial charge in [0.1, 0.15) is 0 Å². The van der Waals surface area contributed by atoms with Crippen LogP contribution < -0.4 is 10.0 Å². The Bertz CT molecular complexity index is 918. The summed E-state index contributed by atoms with van der Waals surface area (Å²) < 4.78 is 26.4. The Balaban J connectivity index is 2.25. The number of aryl methyl sites for hydroxylation is 1. The summed E-state index contributed by atoms with van der Waals surface area (Å²) in [5.74, 6) is 1.77. The molecular formula is C17H15ClN2O3S. The van der Waals surface area contributed by atoms with Gasteiger partial charge in [-0.2, -0.15) is 4.72 Å². The minimum atomic E-state index is -3.76. The molecule has 0 saturated carbocycles. The summed E-state index contributed by atoms with van der Waals surface area (Å²) in [5, 5.41) is 3.30. The van der Waals surface area contributed by atoms with Crippen LogP contribution in [0.4, 0.5) is 5.69 Å². The molecule has 0 aliphatic heterocycles. The Morgan fingerprint density at radius 2 is 2.00 bits per heavy atom. The van der Waals surface area contributed by atoms with Crippen LogP contribution in [0.5, 0.6) is 0 Å². The first-order chi connectivity index (χ1) is 11.3. The molecule has 2 aromatic rings. The number of carbonyl (C=O) groups is 1. The van der Waals surface area contributed by atoms with Crippen molar-refractivity contribution >= 4 is 33.2 Å². The quantitative estimate of drug-likeness (QED) is 0.803. The number of sulfonamides is 1. The lowest BCUT2D eigenvalue weighted by atomic mass is 10.1. The predicted octanol–water partition coefficient (Wildman–Crippen LogP) is 2.81. The summed E-state index contributed by atoms with van der Waals surface area (Å²) in [6, 6.07) is 10.8. The molecule has 0 heterocycles. The molecular weight excluding hydrogens is 348 g/mol. The Kier molecular flexibility index (Phi) is 5.62. The number of benzene rings is 2. The van der Waals surface area contributed by atoms with Crippen molar-refractivity contribution in [1.29, 1.82) is 0 Å². The van der Waals surface area contributed by atoms with E-state index in [1.165, 1.54) is 24.3 Å². The largest absolute Gasteiger partial charge is 0.322 e. The summed E-state index contributed by atoms with van der Waals surface area (Å²) in [4.78, 5) is 12.3. The number of hydrogen-bond donors (Lipinski definition) is 2. The van der Waals surface area contributed by atoms with Crippen molar-refractivity contribution in [3.63, 3.8) is 0 Å². The molecule has 7 heteroatoms. The summed E-state index contributed by atoms with van der Waals surface area (Å²) in [6.45, 7) is 1.69. The van der Waals surface area contributed by atoms with Crippen LogP contribution >= 0.6 is 11.6 Å². The van der Waals surface area contributed by atoms with E-state index in [1.54, 1.807) is 18.2 Å². The Hall–Kier alpha value is -2.33. The fourth-order valence-corrected chi connectivity index (χ4v) is 3.19. The van der Waals surface area contributed by atoms with Gasteiger partial charge in [-0.3, -0.25) is 4.79 Å². The predicted molar refractivity (Wildman–Crippen MR) is 94.6 cm³/mol. The summed E-state index contributed by atoms with van der Waals surface area (Å²) in [7, 11) is -3.76. The highest BCUT2D eigenvalue weighted by Crippen LogP contribution is 2.21. The third kappa shape index (κ3) is 4.36. The average molecular weight is 363 g/mol. The van der Waals surface area contributed by atoms with Gasteiger partial charge in [0.25, 0.3) is 5.91 Å². The first-order valence-corrected chi connectivity index (χ1v) is 8.80. The maximum absolute atomic E-state index is 12.4. The van der Waals surface area contributed by atoms with E-state index in [4.69, 9.17) is 18.0 Å². The zero-order valence-electron chi connectivity index (χ0n) is 12.8. The van der Waals surface area contributed by atoms with Gasteiger partial charge in [0, 0.05) is 16.3 Å². The number of amides is 1. The van der Waals surface area contributed by atoms with E-state index in [0.29, 0.717) is 10.7 Å². The minimum Gasteiger partial charge on any atom is -0.322 e. The van der Waals surface area contributed by atoms with Crippen molar-refractivity contribution in [3.8, 4) is 12.3 Å². The summed E-state index contributed by atoms with van der Waals surface area (Å²) >= 11 is 5.88. The molecule has 124 valence electrons. The van der Waals surface area contributed by atoms with Crippen molar-refractivity contribution in [2.45, 2.75) is 11.8 Å². The molecule has 5 nitrogen and oxygen atoms in total. The lowest BCUT2D eigenvalue weighted by Crippen LogP contribution is -2.24. The molecule has 0 bridgehead atoms. The van der Waals surface area contributed by atoms with Crippen molar-refractivity contribution in [2.24, 2.45) is 0 Å². The lowest BCUT2D eigenvalue weighted by molar-refractivity contribution is 0.102. The molecule has 1 amide bonds. The van der Waals surface area contributed by atoms with Crippen LogP contribution in [0, 0.1) is 19.3 Å². The zero-order valence-corrected chi connectivity index (χ0v) is 14.4. The topological polar surface area (TPSA) is 75.3 Å². The van der Waals surface area contributed by atoms with E-state index in [-0.39, 0.29) is 17.0 Å². The van der Waals surface area contributed by atoms with Crippen LogP contribution in [0.15, 0.2) is 47.4 Å². The Labute approximate surface area is 146 Å². The molecule has 0 unspecified atom stereocenters. The van der Waals surface area contributed by atoms with E-state index in [9.17, 15) is 13.2 Å². The highest BCUT2D eigenvalue weighted by atomic mass is 35.5. The molecule has 2 N–H and O–H groups in total. The van der Waals surface area contributed by atoms with Gasteiger partial charge in [-0.15, -0.1) is 6.42 Å². The molecule has 0 spiro atoms. The molecule has 0 fully saturated rings. The van der Waals surface area contributed by atoms with Crippen molar-refractivity contribution in [2.75, 3.05) is 11.9 Å². The second kappa shape index (κ2) is 7.49. The van der Waals surface area contributed by atoms with E-state index < -0.39 is 15.9 Å². The number of halogens is 1. The Morgan fingerprint density at radius 1 is 1.25 bits per heavy atom. The molecule has 2 rings (SSSR count). The van der Waals surface area contributed by atoms with E-state index in [0.717, 1.165) is 5.56 Å². The molecule has 0 aliphatic carbocycles. The number of nitrogens with one attached hydrogen (secondary N) is 2. The maximum Gasteiger partial charge on any atom is 0.255 e. The summed E-state index contributed by atoms with van der Waals surface area (Å²) in [5.41, 5.74) is 1.62. The van der Waals surface area contributed by atoms with Crippen LogP contribution in [-0.4, -0.2) is 20.9 Å². The minimum absolute atomic E-state index is 0.0294. The van der Waals surface area contributed by atoms with Crippen LogP contribution in [-0.2, 0) is 10.0 Å². The van der Waals surface area contributed by atoms with E-state index in [1.807, 2.05) is 6.92 Å². The van der Waals surface area contributed by atoms with Crippen molar-refractivity contribution < 1.29 is 13.2 Å². The SMILES string of the molecule is C#CCNS(=O)(=O)c1cccc(C(=O)Nc2ccc(Cl)cc2C)c1. The molecule has 0 radical (unpaired) electrons. The van der Waals surface area contributed by atoms with Gasteiger partial charge in [0.2, 0.25) is 10.0 Å². The molecule has 0 aliphatic rings. The van der Waals surface area contributed by atoms with E-state index >= 15 is 0 Å². The second-order valence-electron chi connectivity index (χ2n) is 4.97. The van der Waals surface area contributed by atoms with Crippen LogP contribution in [0.2, 0.25) is 5.02 Å². The first kappa shape index (κ1) is 18.0. The molecule has 2 aromatic carbocycles. The van der Waals surface area contributed by atoms with Crippen molar-refractivity contribution in [3.05, 3.63) is 58.6 Å². The number of carbonyl (C=O) groups excluding carboxylic acids is 1. The molecule has 0 atom stereocenters. The smallest absolute Gasteiger partial charge is 0.255 e. The fraction of sp³-hybridized carbons (Fsp3) is 0.118. The Morgan fingerprint density at radius 3 is 2.67 bits per heavy atom. The van der Waals surface area contributed by atoms with Gasteiger partial charge in [-0.05, 0) is 48.9 Å². The second-order valence-corrected chi connectivity index (χ2v) is 7.17. The highest BCUT2D eigenvalue weighted by molar-refractivity contribution is 7.89. The number of anilines is 1. The van der Waals surface area contributed by atoms with E-state index in [2.05, 4.69) is 16.0 Å². The number of rotatable bonds is 5. The third-order valence-corrected chi connectivity index (χ3v) is 4.84. The third-order valence-electron chi connectivity index (χ3n) is 3.21. The highest BCUT2D eigenvalue weighted by Gasteiger charge is 2.16. The van der Waals surface area contributed by atoms with Crippen LogP contribution in [0.3, 0.4) is 0 Å². The average Bonchev–Trinajstić information content (AvgIpc) is 2.55. The molecule has 0 saturated heterocycles. The molecule has 24 heavy (non-hydrogen) atoms. The number of hydrogen-bond acceptors (Lipinski definition) is 3. The molecule has 0 aromatic heterocycles. The fourth-order valence-electron chi connectivity index (χ4n) is 1.99. The van der Waals surface area contributed by atoms with Gasteiger partial charge in [0.05, 0.1) is 11.4 Å². The van der Waals surface area contributed by atoms with Gasteiger partial charge in [-0.25, -0.2) is 8.42 Å². The van der Waals surface area contributed by atoms with Gasteiger partial charge in [0.15, 0.2) is 0 Å². The number of terminal acetylenes is 1. The van der Waals surface area contributed by atoms with Crippen LogP contribution in [0.25, 0.3) is 0 Å². The van der Waals surface area contributed by atoms with Crippen molar-refractivity contribution in [1.82, 2.24) is 4.72 Å². The first-order valence-electron chi connectivity index (χ1n) is 6.94. The lowest BCUT2D eigenvalue weighted by Gasteiger charge is -2.10. The van der Waals surface area contributed by atoms with Gasteiger partial charge >= 0.3 is 0 Å². The van der Waals surface area contributed by atoms with Gasteiger partial charge < -0.3 is 5.32 Å². The maximum atomic E-state index is 12.4. The van der Waals surface area contributed by atoms with Crippen LogP contribution in [0.1, 0.15) is 15.9 Å². The standard InChI is InChI=1S/C17H15ClN2O3S/c1-3-9-19-24(22,23)15-6-4-5-13(11-15)17(21)20-16-8-7-14(18)10-12(16)2/h1,4-8,10-11,19H,9H2,2H3,(H,20,21). The monoisotopic (exact) mass is 362 g/mol.